The molecular weight excluding hydrogens is 412 g/mol. The zero-order valence-corrected chi connectivity index (χ0v) is 15.9. The number of nitrogens with zero attached hydrogens (tertiary/aromatic N) is 4. The van der Waals surface area contributed by atoms with Gasteiger partial charge < -0.3 is 9.47 Å². The quantitative estimate of drug-likeness (QED) is 0.449. The largest absolute Gasteiger partial charge is 0.454 e. The van der Waals surface area contributed by atoms with E-state index in [1.807, 2.05) is 35.9 Å². The van der Waals surface area contributed by atoms with Crippen LogP contribution in [-0.2, 0) is 6.42 Å². The van der Waals surface area contributed by atoms with E-state index in [2.05, 4.69) is 26.1 Å². The Balaban J connectivity index is 1.77. The minimum atomic E-state index is 0.212. The number of rotatable bonds is 2. The van der Waals surface area contributed by atoms with E-state index in [0.29, 0.717) is 17.9 Å². The van der Waals surface area contributed by atoms with Crippen molar-refractivity contribution in [3.63, 3.8) is 0 Å². The minimum absolute atomic E-state index is 0.212. The molecule has 0 aliphatic carbocycles. The standard InChI is InChI=1S/C19H13BrN4O3/c1-10-19(20)21-17-7-12-6-15-16(27-9-26-15)8-14(12)18(22-24(10)17)11-2-4-13(23-25)5-3-11/h2-6,8H,7,9H2,1H3. The van der Waals surface area contributed by atoms with E-state index in [-0.39, 0.29) is 6.79 Å². The van der Waals surface area contributed by atoms with Crippen LogP contribution >= 0.6 is 15.9 Å². The second kappa shape index (κ2) is 6.02. The monoisotopic (exact) mass is 424 g/mol. The summed E-state index contributed by atoms with van der Waals surface area (Å²) in [5.74, 6) is 2.26. The molecule has 8 heteroatoms. The van der Waals surface area contributed by atoms with Gasteiger partial charge in [0.05, 0.1) is 11.4 Å². The summed E-state index contributed by atoms with van der Waals surface area (Å²) in [6.07, 6.45) is 0.611. The van der Waals surface area contributed by atoms with Crippen molar-refractivity contribution in [3.05, 3.63) is 74.1 Å². The fraction of sp³-hybridized carbons (Fsp3) is 0.158. The van der Waals surface area contributed by atoms with Gasteiger partial charge in [-0.05, 0) is 57.9 Å². The van der Waals surface area contributed by atoms with Gasteiger partial charge in [-0.3, -0.25) is 0 Å². The molecule has 2 aliphatic heterocycles. The molecule has 134 valence electrons. The first-order valence-corrected chi connectivity index (χ1v) is 9.12. The molecule has 2 aromatic carbocycles. The number of ether oxygens (including phenoxy) is 2. The molecule has 0 unspecified atom stereocenters. The van der Waals surface area contributed by atoms with Gasteiger partial charge in [0.15, 0.2) is 11.5 Å². The minimum Gasteiger partial charge on any atom is -0.454 e. The van der Waals surface area contributed by atoms with E-state index in [9.17, 15) is 4.91 Å². The number of hydrogen-bond donors (Lipinski definition) is 0. The predicted molar refractivity (Wildman–Crippen MR) is 103 cm³/mol. The van der Waals surface area contributed by atoms with Gasteiger partial charge >= 0.3 is 0 Å². The summed E-state index contributed by atoms with van der Waals surface area (Å²) < 4.78 is 13.7. The topological polar surface area (TPSA) is 78.1 Å². The highest BCUT2D eigenvalue weighted by Crippen LogP contribution is 2.38. The Labute approximate surface area is 162 Å². The average Bonchev–Trinajstić information content (AvgIpc) is 3.19. The molecule has 3 heterocycles. The fourth-order valence-electron chi connectivity index (χ4n) is 3.34. The molecule has 1 aromatic heterocycles. The molecule has 3 aromatic rings. The Bertz CT molecular complexity index is 1120. The molecule has 0 saturated heterocycles. The SMILES string of the molecule is Cc1c(Br)nc2n1N=C(c1ccc(N=O)cc1)c1cc3c(cc1C2)OCO3. The molecule has 0 bridgehead atoms. The smallest absolute Gasteiger partial charge is 0.231 e. The van der Waals surface area contributed by atoms with Gasteiger partial charge in [0.25, 0.3) is 0 Å². The van der Waals surface area contributed by atoms with E-state index < -0.39 is 0 Å². The van der Waals surface area contributed by atoms with Crippen LogP contribution in [0.2, 0.25) is 0 Å². The molecule has 0 radical (unpaired) electrons. The molecule has 0 saturated carbocycles. The van der Waals surface area contributed by atoms with Crippen LogP contribution in [0.5, 0.6) is 11.5 Å². The van der Waals surface area contributed by atoms with Crippen LogP contribution in [0.4, 0.5) is 5.69 Å². The van der Waals surface area contributed by atoms with Crippen LogP contribution in [0.15, 0.2) is 51.3 Å². The Kier molecular flexibility index (Phi) is 3.61. The second-order valence-electron chi connectivity index (χ2n) is 6.34. The third kappa shape index (κ3) is 2.56. The Morgan fingerprint density at radius 3 is 2.63 bits per heavy atom. The maximum atomic E-state index is 10.8. The number of aromatic nitrogens is 2. The molecule has 0 spiro atoms. The molecule has 7 nitrogen and oxygen atoms in total. The first-order valence-electron chi connectivity index (χ1n) is 8.33. The lowest BCUT2D eigenvalue weighted by Gasteiger charge is -2.11. The number of nitroso groups, excluding NO2 is 1. The van der Waals surface area contributed by atoms with Crippen LogP contribution in [0.25, 0.3) is 0 Å². The third-order valence-corrected chi connectivity index (χ3v) is 5.49. The van der Waals surface area contributed by atoms with Crippen molar-refractivity contribution in [2.45, 2.75) is 13.3 Å². The van der Waals surface area contributed by atoms with Crippen LogP contribution in [-0.4, -0.2) is 22.2 Å². The van der Waals surface area contributed by atoms with Crippen molar-refractivity contribution >= 4 is 27.3 Å². The molecular formula is C19H13BrN4O3. The van der Waals surface area contributed by atoms with E-state index in [4.69, 9.17) is 14.6 Å². The normalized spacial score (nSPS) is 14.2. The molecule has 2 aliphatic rings. The molecule has 0 amide bonds. The fourth-order valence-corrected chi connectivity index (χ4v) is 3.71. The van der Waals surface area contributed by atoms with Gasteiger partial charge in [-0.1, -0.05) is 12.1 Å². The predicted octanol–water partition coefficient (Wildman–Crippen LogP) is 4.29. The first kappa shape index (κ1) is 16.2. The van der Waals surface area contributed by atoms with Crippen LogP contribution < -0.4 is 9.47 Å². The number of halogens is 1. The second-order valence-corrected chi connectivity index (χ2v) is 7.09. The lowest BCUT2D eigenvalue weighted by atomic mass is 9.95. The van der Waals surface area contributed by atoms with E-state index in [0.717, 1.165) is 44.3 Å². The zero-order valence-electron chi connectivity index (χ0n) is 14.3. The van der Waals surface area contributed by atoms with Gasteiger partial charge in [0, 0.05) is 17.5 Å². The average molecular weight is 425 g/mol. The Hall–Kier alpha value is -3.00. The first-order chi connectivity index (χ1) is 13.1. The molecule has 0 atom stereocenters. The van der Waals surface area contributed by atoms with Gasteiger partial charge in [0.2, 0.25) is 6.79 Å². The van der Waals surface area contributed by atoms with Crippen LogP contribution in [0.3, 0.4) is 0 Å². The number of imidazole rings is 1. The highest BCUT2D eigenvalue weighted by molar-refractivity contribution is 9.10. The van der Waals surface area contributed by atoms with Crippen LogP contribution in [0, 0.1) is 11.8 Å². The number of hydrogen-bond acceptors (Lipinski definition) is 6. The van der Waals surface area contributed by atoms with Gasteiger partial charge in [-0.25, -0.2) is 9.66 Å². The van der Waals surface area contributed by atoms with Crippen molar-refractivity contribution in [3.8, 4) is 11.5 Å². The molecule has 0 N–H and O–H groups in total. The van der Waals surface area contributed by atoms with Gasteiger partial charge in [-0.15, -0.1) is 4.91 Å². The zero-order chi connectivity index (χ0) is 18.5. The Morgan fingerprint density at radius 2 is 1.89 bits per heavy atom. The Morgan fingerprint density at radius 1 is 1.15 bits per heavy atom. The van der Waals surface area contributed by atoms with Crippen molar-refractivity contribution in [2.24, 2.45) is 10.3 Å². The highest BCUT2D eigenvalue weighted by Gasteiger charge is 2.26. The lowest BCUT2D eigenvalue weighted by molar-refractivity contribution is 0.174. The van der Waals surface area contributed by atoms with E-state index in [1.54, 1.807) is 12.1 Å². The number of benzene rings is 2. The van der Waals surface area contributed by atoms with Crippen molar-refractivity contribution in [1.82, 2.24) is 9.66 Å². The summed E-state index contributed by atoms with van der Waals surface area (Å²) in [5, 5.41) is 7.86. The molecule has 27 heavy (non-hydrogen) atoms. The molecule has 0 fully saturated rings. The maximum Gasteiger partial charge on any atom is 0.231 e. The van der Waals surface area contributed by atoms with E-state index >= 15 is 0 Å². The van der Waals surface area contributed by atoms with Gasteiger partial charge in [-0.2, -0.15) is 5.10 Å². The summed E-state index contributed by atoms with van der Waals surface area (Å²) in [4.78, 5) is 15.4. The highest BCUT2D eigenvalue weighted by atomic mass is 79.9. The summed E-state index contributed by atoms with van der Waals surface area (Å²) >= 11 is 3.49. The summed E-state index contributed by atoms with van der Waals surface area (Å²) in [6, 6.07) is 11.0. The maximum absolute atomic E-state index is 10.8. The van der Waals surface area contributed by atoms with Crippen molar-refractivity contribution in [1.29, 1.82) is 0 Å². The van der Waals surface area contributed by atoms with Crippen molar-refractivity contribution in [2.75, 3.05) is 6.79 Å². The van der Waals surface area contributed by atoms with Crippen molar-refractivity contribution < 1.29 is 9.47 Å². The summed E-state index contributed by atoms with van der Waals surface area (Å²) in [6.45, 7) is 2.17. The molecule has 5 rings (SSSR count). The lowest BCUT2D eigenvalue weighted by Crippen LogP contribution is -2.07. The third-order valence-electron chi connectivity index (χ3n) is 4.74. The number of fused-ring (bicyclic) bond motifs is 3. The van der Waals surface area contributed by atoms with E-state index in [1.165, 1.54) is 0 Å². The van der Waals surface area contributed by atoms with Gasteiger partial charge in [0.1, 0.15) is 16.1 Å². The van der Waals surface area contributed by atoms with Crippen LogP contribution in [0.1, 0.15) is 28.2 Å². The summed E-state index contributed by atoms with van der Waals surface area (Å²) in [5.41, 5.74) is 4.94. The summed E-state index contributed by atoms with van der Waals surface area (Å²) in [7, 11) is 0.